The summed E-state index contributed by atoms with van der Waals surface area (Å²) in [6.07, 6.45) is 2.95. The number of rotatable bonds is 1. The van der Waals surface area contributed by atoms with Gasteiger partial charge in [0, 0.05) is 20.3 Å². The van der Waals surface area contributed by atoms with Crippen LogP contribution in [0.25, 0.3) is 5.78 Å². The van der Waals surface area contributed by atoms with Crippen molar-refractivity contribution in [2.24, 2.45) is 0 Å². The Labute approximate surface area is 86.6 Å². The predicted molar refractivity (Wildman–Crippen MR) is 53.5 cm³/mol. The van der Waals surface area contributed by atoms with Crippen LogP contribution in [-0.2, 0) is 0 Å². The summed E-state index contributed by atoms with van der Waals surface area (Å²) in [5.74, 6) is 0.417. The molecule has 6 nitrogen and oxygen atoms in total. The highest BCUT2D eigenvalue weighted by molar-refractivity contribution is 5.94. The van der Waals surface area contributed by atoms with E-state index in [2.05, 4.69) is 15.1 Å². The molecule has 0 aromatic carbocycles. The molecule has 0 unspecified atom stereocenters. The van der Waals surface area contributed by atoms with Gasteiger partial charge >= 0.3 is 0 Å². The zero-order chi connectivity index (χ0) is 11.0. The maximum atomic E-state index is 11.8. The van der Waals surface area contributed by atoms with Crippen LogP contribution in [0.1, 0.15) is 16.1 Å². The number of amides is 1. The number of fused-ring (bicyclic) bond motifs is 1. The van der Waals surface area contributed by atoms with E-state index >= 15 is 0 Å². The van der Waals surface area contributed by atoms with Gasteiger partial charge < -0.3 is 4.90 Å². The number of hydrogen-bond donors (Lipinski definition) is 0. The Morgan fingerprint density at radius 2 is 2.13 bits per heavy atom. The first kappa shape index (κ1) is 9.57. The molecule has 0 fully saturated rings. The number of carbonyl (C=O) groups is 1. The monoisotopic (exact) mass is 205 g/mol. The van der Waals surface area contributed by atoms with Gasteiger partial charge in [-0.15, -0.1) is 0 Å². The second-order valence-electron chi connectivity index (χ2n) is 3.43. The molecule has 0 saturated heterocycles. The van der Waals surface area contributed by atoms with Crippen molar-refractivity contribution >= 4 is 11.7 Å². The summed E-state index contributed by atoms with van der Waals surface area (Å²) in [6.45, 7) is 1.82. The van der Waals surface area contributed by atoms with E-state index in [0.29, 0.717) is 11.3 Å². The Balaban J connectivity index is 2.62. The van der Waals surface area contributed by atoms with Crippen molar-refractivity contribution in [2.75, 3.05) is 14.1 Å². The molecule has 0 N–H and O–H groups in total. The van der Waals surface area contributed by atoms with Crippen LogP contribution in [0.3, 0.4) is 0 Å². The van der Waals surface area contributed by atoms with Crippen LogP contribution >= 0.6 is 0 Å². The van der Waals surface area contributed by atoms with E-state index in [1.165, 1.54) is 17.4 Å². The second kappa shape index (κ2) is 3.30. The van der Waals surface area contributed by atoms with Crippen molar-refractivity contribution < 1.29 is 4.79 Å². The highest BCUT2D eigenvalue weighted by Crippen LogP contribution is 2.08. The average Bonchev–Trinajstić information content (AvgIpc) is 2.66. The summed E-state index contributed by atoms with van der Waals surface area (Å²) in [5, 5.41) is 3.99. The molecule has 0 aliphatic carbocycles. The fourth-order valence-electron chi connectivity index (χ4n) is 1.34. The van der Waals surface area contributed by atoms with Crippen molar-refractivity contribution in [1.82, 2.24) is 24.5 Å². The average molecular weight is 205 g/mol. The first-order valence-electron chi connectivity index (χ1n) is 4.48. The van der Waals surface area contributed by atoms with Gasteiger partial charge in [0.2, 0.25) is 0 Å². The SMILES string of the molecule is Cc1c(C(=O)N(C)C)cnc2ncnn12. The molecular formula is C9H11N5O. The number of aromatic nitrogens is 4. The molecule has 2 aromatic heterocycles. The van der Waals surface area contributed by atoms with Gasteiger partial charge in [-0.3, -0.25) is 4.79 Å². The topological polar surface area (TPSA) is 63.4 Å². The minimum Gasteiger partial charge on any atom is -0.345 e. The summed E-state index contributed by atoms with van der Waals surface area (Å²) in [6, 6.07) is 0. The molecule has 2 heterocycles. The summed E-state index contributed by atoms with van der Waals surface area (Å²) in [5.41, 5.74) is 1.29. The molecule has 0 atom stereocenters. The number of aryl methyl sites for hydroxylation is 1. The quantitative estimate of drug-likeness (QED) is 0.664. The molecule has 0 radical (unpaired) electrons. The highest BCUT2D eigenvalue weighted by atomic mass is 16.2. The maximum absolute atomic E-state index is 11.8. The van der Waals surface area contributed by atoms with Crippen LogP contribution in [-0.4, -0.2) is 44.5 Å². The highest BCUT2D eigenvalue weighted by Gasteiger charge is 2.14. The minimum atomic E-state index is -0.0857. The van der Waals surface area contributed by atoms with Crippen molar-refractivity contribution in [3.05, 3.63) is 23.8 Å². The van der Waals surface area contributed by atoms with E-state index in [9.17, 15) is 4.79 Å². The van der Waals surface area contributed by atoms with Crippen LogP contribution in [0.2, 0.25) is 0 Å². The van der Waals surface area contributed by atoms with Gasteiger partial charge in [-0.25, -0.2) is 9.50 Å². The molecule has 0 bridgehead atoms. The Morgan fingerprint density at radius 1 is 1.40 bits per heavy atom. The summed E-state index contributed by atoms with van der Waals surface area (Å²) < 4.78 is 1.55. The lowest BCUT2D eigenvalue weighted by Crippen LogP contribution is -2.23. The van der Waals surface area contributed by atoms with Gasteiger partial charge in [-0.05, 0) is 6.92 Å². The largest absolute Gasteiger partial charge is 0.345 e. The van der Waals surface area contributed by atoms with E-state index in [4.69, 9.17) is 0 Å². The van der Waals surface area contributed by atoms with Gasteiger partial charge in [0.1, 0.15) is 6.33 Å². The molecule has 15 heavy (non-hydrogen) atoms. The summed E-state index contributed by atoms with van der Waals surface area (Å²) in [7, 11) is 3.40. The predicted octanol–water partition coefficient (Wildman–Crippen LogP) is 0.135. The molecular weight excluding hydrogens is 194 g/mol. The van der Waals surface area contributed by atoms with Gasteiger partial charge in [0.05, 0.1) is 11.3 Å². The van der Waals surface area contributed by atoms with E-state index in [1.807, 2.05) is 6.92 Å². The van der Waals surface area contributed by atoms with E-state index < -0.39 is 0 Å². The normalized spacial score (nSPS) is 10.6. The van der Waals surface area contributed by atoms with Crippen molar-refractivity contribution in [1.29, 1.82) is 0 Å². The van der Waals surface area contributed by atoms with Gasteiger partial charge in [0.15, 0.2) is 0 Å². The summed E-state index contributed by atoms with van der Waals surface area (Å²) in [4.78, 5) is 21.2. The van der Waals surface area contributed by atoms with Crippen LogP contribution in [0.5, 0.6) is 0 Å². The fourth-order valence-corrected chi connectivity index (χ4v) is 1.34. The molecule has 0 aliphatic heterocycles. The lowest BCUT2D eigenvalue weighted by molar-refractivity contribution is 0.0825. The first-order valence-corrected chi connectivity index (χ1v) is 4.48. The third kappa shape index (κ3) is 1.43. The lowest BCUT2D eigenvalue weighted by Gasteiger charge is -2.11. The van der Waals surface area contributed by atoms with Gasteiger partial charge in [0.25, 0.3) is 11.7 Å². The van der Waals surface area contributed by atoms with E-state index in [1.54, 1.807) is 18.6 Å². The molecule has 2 rings (SSSR count). The van der Waals surface area contributed by atoms with Crippen LogP contribution < -0.4 is 0 Å². The first-order chi connectivity index (χ1) is 7.11. The van der Waals surface area contributed by atoms with Crippen LogP contribution in [0.4, 0.5) is 0 Å². The summed E-state index contributed by atoms with van der Waals surface area (Å²) >= 11 is 0. The smallest absolute Gasteiger partial charge is 0.256 e. The molecule has 78 valence electrons. The molecule has 1 amide bonds. The third-order valence-corrected chi connectivity index (χ3v) is 2.18. The Hall–Kier alpha value is -1.98. The van der Waals surface area contributed by atoms with Gasteiger partial charge in [-0.1, -0.05) is 0 Å². The number of carbonyl (C=O) groups excluding carboxylic acids is 1. The standard InChI is InChI=1S/C9H11N5O/c1-6-7(8(15)13(2)3)4-10-9-11-5-12-14(6)9/h4-5H,1-3H3. The van der Waals surface area contributed by atoms with Crippen LogP contribution in [0.15, 0.2) is 12.5 Å². The van der Waals surface area contributed by atoms with Crippen molar-refractivity contribution in [3.63, 3.8) is 0 Å². The van der Waals surface area contributed by atoms with E-state index in [-0.39, 0.29) is 5.91 Å². The Morgan fingerprint density at radius 3 is 2.80 bits per heavy atom. The maximum Gasteiger partial charge on any atom is 0.256 e. The lowest BCUT2D eigenvalue weighted by atomic mass is 10.2. The Kier molecular flexibility index (Phi) is 2.11. The molecule has 2 aromatic rings. The van der Waals surface area contributed by atoms with Crippen molar-refractivity contribution in [2.45, 2.75) is 6.92 Å². The molecule has 0 spiro atoms. The number of hydrogen-bond acceptors (Lipinski definition) is 4. The number of nitrogens with zero attached hydrogens (tertiary/aromatic N) is 5. The van der Waals surface area contributed by atoms with Crippen molar-refractivity contribution in [3.8, 4) is 0 Å². The molecule has 6 heteroatoms. The second-order valence-corrected chi connectivity index (χ2v) is 3.43. The molecule has 0 aliphatic rings. The Bertz CT molecular complexity index is 516. The van der Waals surface area contributed by atoms with Gasteiger partial charge in [-0.2, -0.15) is 10.1 Å². The zero-order valence-electron chi connectivity index (χ0n) is 8.80. The molecule has 0 saturated carbocycles. The minimum absolute atomic E-state index is 0.0857. The third-order valence-electron chi connectivity index (χ3n) is 2.18. The zero-order valence-corrected chi connectivity index (χ0v) is 8.80. The van der Waals surface area contributed by atoms with Crippen LogP contribution in [0, 0.1) is 6.92 Å². The fraction of sp³-hybridized carbons (Fsp3) is 0.333. The van der Waals surface area contributed by atoms with E-state index in [0.717, 1.165) is 5.69 Å².